The number of anilines is 2. The zero-order chi connectivity index (χ0) is 23.7. The van der Waals surface area contributed by atoms with Crippen LogP contribution in [0.15, 0.2) is 42.5 Å². The van der Waals surface area contributed by atoms with Crippen molar-refractivity contribution in [3.05, 3.63) is 59.4 Å². The average molecular weight is 463 g/mol. The van der Waals surface area contributed by atoms with Crippen LogP contribution in [0, 0.1) is 12.7 Å². The minimum absolute atomic E-state index is 0.163. The number of fused-ring (bicyclic) bond motifs is 1. The molecule has 0 radical (unpaired) electrons. The summed E-state index contributed by atoms with van der Waals surface area (Å²) in [6.07, 6.45) is 2.15. The van der Waals surface area contributed by atoms with E-state index in [4.69, 9.17) is 10.2 Å². The fraction of sp³-hybridized carbons (Fsp3) is 0.481. The molecule has 7 heteroatoms. The first-order valence-corrected chi connectivity index (χ1v) is 12.4. The predicted octanol–water partition coefficient (Wildman–Crippen LogP) is 3.93. The molecule has 3 heterocycles. The van der Waals surface area contributed by atoms with E-state index in [1.165, 1.54) is 16.3 Å². The lowest BCUT2D eigenvalue weighted by Gasteiger charge is -2.38. The molecule has 3 aromatic rings. The van der Waals surface area contributed by atoms with E-state index in [-0.39, 0.29) is 5.82 Å². The van der Waals surface area contributed by atoms with Gasteiger partial charge in [0.2, 0.25) is 0 Å². The second-order valence-electron chi connectivity index (χ2n) is 9.89. The van der Waals surface area contributed by atoms with Crippen LogP contribution in [0.2, 0.25) is 0 Å². The summed E-state index contributed by atoms with van der Waals surface area (Å²) in [5, 5.41) is 11.9. The number of piperidine rings is 1. The number of hydrogen-bond donors (Lipinski definition) is 0. The van der Waals surface area contributed by atoms with Crippen LogP contribution in [0.3, 0.4) is 0 Å². The van der Waals surface area contributed by atoms with Gasteiger partial charge in [-0.15, -0.1) is 10.2 Å². The molecule has 0 spiro atoms. The Bertz CT molecular complexity index is 1140. The van der Waals surface area contributed by atoms with E-state index in [1.54, 1.807) is 12.1 Å². The smallest absolute Gasteiger partial charge is 0.159 e. The van der Waals surface area contributed by atoms with Crippen molar-refractivity contribution < 1.29 is 4.39 Å². The predicted molar refractivity (Wildman–Crippen MR) is 137 cm³/mol. The lowest BCUT2D eigenvalue weighted by Crippen LogP contribution is -2.45. The third-order valence-electron chi connectivity index (χ3n) is 7.56. The van der Waals surface area contributed by atoms with Crippen LogP contribution in [0.1, 0.15) is 24.0 Å². The van der Waals surface area contributed by atoms with E-state index in [0.29, 0.717) is 6.04 Å². The van der Waals surface area contributed by atoms with Crippen molar-refractivity contribution in [1.29, 1.82) is 0 Å². The van der Waals surface area contributed by atoms with Crippen LogP contribution >= 0.6 is 0 Å². The Hall–Kier alpha value is -2.77. The lowest BCUT2D eigenvalue weighted by molar-refractivity contribution is 0.200. The third-order valence-corrected chi connectivity index (χ3v) is 7.56. The van der Waals surface area contributed by atoms with Gasteiger partial charge in [0.25, 0.3) is 0 Å². The number of rotatable bonds is 5. The van der Waals surface area contributed by atoms with Gasteiger partial charge >= 0.3 is 0 Å². The van der Waals surface area contributed by atoms with Gasteiger partial charge in [-0.2, -0.15) is 0 Å². The Morgan fingerprint density at radius 1 is 0.882 bits per heavy atom. The maximum atomic E-state index is 13.5. The van der Waals surface area contributed by atoms with Gasteiger partial charge < -0.3 is 14.7 Å². The van der Waals surface area contributed by atoms with Crippen molar-refractivity contribution in [1.82, 2.24) is 20.0 Å². The molecule has 6 nitrogen and oxygen atoms in total. The summed E-state index contributed by atoms with van der Waals surface area (Å²) in [5.74, 6) is 1.85. The molecule has 0 unspecified atom stereocenters. The summed E-state index contributed by atoms with van der Waals surface area (Å²) in [6.45, 7) is 8.84. The molecule has 0 saturated carbocycles. The topological polar surface area (TPSA) is 38.7 Å². The molecular formula is C27H35FN6. The number of likely N-dealkylation sites (N-methyl/N-ethyl adjacent to an activating group) is 1. The molecule has 2 saturated heterocycles. The molecule has 34 heavy (non-hydrogen) atoms. The molecule has 180 valence electrons. The van der Waals surface area contributed by atoms with Gasteiger partial charge in [0.15, 0.2) is 11.6 Å². The molecule has 2 aromatic carbocycles. The number of hydrogen-bond acceptors (Lipinski definition) is 6. The van der Waals surface area contributed by atoms with Gasteiger partial charge in [0.05, 0.1) is 0 Å². The molecule has 2 aliphatic heterocycles. The van der Waals surface area contributed by atoms with Gasteiger partial charge in [0, 0.05) is 62.6 Å². The summed E-state index contributed by atoms with van der Waals surface area (Å²) in [4.78, 5) is 9.55. The minimum atomic E-state index is -0.163. The van der Waals surface area contributed by atoms with Gasteiger partial charge in [-0.05, 0) is 57.1 Å². The Morgan fingerprint density at radius 3 is 2.06 bits per heavy atom. The van der Waals surface area contributed by atoms with Crippen LogP contribution in [0.25, 0.3) is 10.8 Å². The number of aromatic nitrogens is 2. The van der Waals surface area contributed by atoms with Crippen molar-refractivity contribution >= 4 is 22.4 Å². The molecular weight excluding hydrogens is 427 g/mol. The third kappa shape index (κ3) is 4.72. The van der Waals surface area contributed by atoms with Gasteiger partial charge in [0.1, 0.15) is 5.82 Å². The summed E-state index contributed by atoms with van der Waals surface area (Å²) in [5.41, 5.74) is 2.22. The number of benzene rings is 2. The highest BCUT2D eigenvalue weighted by atomic mass is 19.1. The molecule has 0 bridgehead atoms. The molecule has 2 aliphatic rings. The van der Waals surface area contributed by atoms with Crippen molar-refractivity contribution in [3.63, 3.8) is 0 Å². The van der Waals surface area contributed by atoms with E-state index in [9.17, 15) is 4.39 Å². The largest absolute Gasteiger partial charge is 0.354 e. The number of halogens is 1. The SMILES string of the molecule is Cc1cc(F)ccc1CN(C)C1CCN(c2nnc(N3CCN(C)CC3)c3ccccc23)CC1. The Balaban J connectivity index is 1.29. The highest BCUT2D eigenvalue weighted by Crippen LogP contribution is 2.32. The molecule has 2 fully saturated rings. The molecule has 0 atom stereocenters. The molecule has 0 aliphatic carbocycles. The fourth-order valence-corrected chi connectivity index (χ4v) is 5.31. The van der Waals surface area contributed by atoms with Crippen LogP contribution in [-0.2, 0) is 6.54 Å². The van der Waals surface area contributed by atoms with Crippen molar-refractivity contribution in [2.24, 2.45) is 0 Å². The van der Waals surface area contributed by atoms with Crippen LogP contribution in [0.4, 0.5) is 16.0 Å². The number of piperazine rings is 1. The first-order chi connectivity index (χ1) is 16.5. The zero-order valence-electron chi connectivity index (χ0n) is 20.5. The standard InChI is InChI=1S/C27H35FN6/c1-20-18-22(28)9-8-21(20)19-32(3)23-10-12-33(13-11-23)26-24-6-4-5-7-25(24)27(30-29-26)34-16-14-31(2)15-17-34/h4-9,18,23H,10-17,19H2,1-3H3. The van der Waals surface area contributed by atoms with Gasteiger partial charge in [-0.1, -0.05) is 30.3 Å². The molecule has 0 N–H and O–H groups in total. The first kappa shape index (κ1) is 23.0. The average Bonchev–Trinajstić information content (AvgIpc) is 2.86. The maximum absolute atomic E-state index is 13.5. The van der Waals surface area contributed by atoms with Crippen molar-refractivity contribution in [2.75, 3.05) is 63.2 Å². The minimum Gasteiger partial charge on any atom is -0.354 e. The summed E-state index contributed by atoms with van der Waals surface area (Å²) in [6, 6.07) is 14.2. The van der Waals surface area contributed by atoms with E-state index in [2.05, 4.69) is 58.0 Å². The zero-order valence-corrected chi connectivity index (χ0v) is 20.5. The Morgan fingerprint density at radius 2 is 1.47 bits per heavy atom. The summed E-state index contributed by atoms with van der Waals surface area (Å²) >= 11 is 0. The van der Waals surface area contributed by atoms with Crippen molar-refractivity contribution in [3.8, 4) is 0 Å². The van der Waals surface area contributed by atoms with Gasteiger partial charge in [-0.25, -0.2) is 4.39 Å². The van der Waals surface area contributed by atoms with E-state index < -0.39 is 0 Å². The molecule has 1 aromatic heterocycles. The second kappa shape index (κ2) is 9.84. The first-order valence-electron chi connectivity index (χ1n) is 12.4. The van der Waals surface area contributed by atoms with Crippen LogP contribution in [0.5, 0.6) is 0 Å². The Labute approximate surface area is 202 Å². The lowest BCUT2D eigenvalue weighted by atomic mass is 10.0. The summed E-state index contributed by atoms with van der Waals surface area (Å²) in [7, 11) is 4.36. The van der Waals surface area contributed by atoms with Gasteiger partial charge in [-0.3, -0.25) is 4.90 Å². The quantitative estimate of drug-likeness (QED) is 0.572. The van der Waals surface area contributed by atoms with Crippen molar-refractivity contribution in [2.45, 2.75) is 32.4 Å². The highest BCUT2D eigenvalue weighted by molar-refractivity contribution is 5.99. The highest BCUT2D eigenvalue weighted by Gasteiger charge is 2.26. The maximum Gasteiger partial charge on any atom is 0.159 e. The number of aryl methyl sites for hydroxylation is 1. The van der Waals surface area contributed by atoms with Crippen LogP contribution in [-0.4, -0.2) is 79.4 Å². The molecule has 0 amide bonds. The normalized spacial score (nSPS) is 18.3. The summed E-state index contributed by atoms with van der Waals surface area (Å²) < 4.78 is 13.5. The Kier molecular flexibility index (Phi) is 6.66. The number of nitrogens with zero attached hydrogens (tertiary/aromatic N) is 6. The fourth-order valence-electron chi connectivity index (χ4n) is 5.31. The monoisotopic (exact) mass is 462 g/mol. The van der Waals surface area contributed by atoms with E-state index in [1.807, 2.05) is 13.0 Å². The van der Waals surface area contributed by atoms with E-state index >= 15 is 0 Å². The second-order valence-corrected chi connectivity index (χ2v) is 9.89. The van der Waals surface area contributed by atoms with Crippen LogP contribution < -0.4 is 9.80 Å². The molecule has 5 rings (SSSR count). The van der Waals surface area contributed by atoms with E-state index in [0.717, 1.165) is 75.9 Å².